The number of rotatable bonds is 2. The molecule has 0 fully saturated rings. The zero-order chi connectivity index (χ0) is 8.54. The average Bonchev–Trinajstić information content (AvgIpc) is 2.09. The highest BCUT2D eigenvalue weighted by Gasteiger charge is 2.31. The number of alkyl halides is 1. The van der Waals surface area contributed by atoms with Crippen molar-refractivity contribution in [2.45, 2.75) is 45.7 Å². The van der Waals surface area contributed by atoms with Crippen LogP contribution in [0.25, 0.3) is 0 Å². The molecule has 0 aromatic heterocycles. The van der Waals surface area contributed by atoms with Crippen LogP contribution in [0.4, 0.5) is 4.39 Å². The molecule has 1 aliphatic rings. The highest BCUT2D eigenvalue weighted by molar-refractivity contribution is 5.06. The smallest absolute Gasteiger partial charge is 0.106 e. The van der Waals surface area contributed by atoms with Gasteiger partial charge >= 0.3 is 0 Å². The van der Waals surface area contributed by atoms with Crippen molar-refractivity contribution in [3.63, 3.8) is 0 Å². The highest BCUT2D eigenvalue weighted by Crippen LogP contribution is 2.39. The molecule has 0 aliphatic heterocycles. The van der Waals surface area contributed by atoms with E-state index in [-0.39, 0.29) is 5.41 Å². The van der Waals surface area contributed by atoms with E-state index in [9.17, 15) is 4.39 Å². The van der Waals surface area contributed by atoms with E-state index >= 15 is 0 Å². The molecule has 0 aromatic carbocycles. The SMILES string of the molecule is CC(C)(F)C[C@@]1(C)C=CCC1. The fourth-order valence-corrected chi connectivity index (χ4v) is 1.97. The minimum atomic E-state index is -1.02. The first-order valence-electron chi connectivity index (χ1n) is 4.28. The van der Waals surface area contributed by atoms with E-state index in [0.29, 0.717) is 6.42 Å². The lowest BCUT2D eigenvalue weighted by molar-refractivity contribution is 0.143. The zero-order valence-corrected chi connectivity index (χ0v) is 7.65. The summed E-state index contributed by atoms with van der Waals surface area (Å²) in [6.45, 7) is 5.45. The molecule has 0 aromatic rings. The van der Waals surface area contributed by atoms with Crippen molar-refractivity contribution in [2.24, 2.45) is 5.41 Å². The van der Waals surface area contributed by atoms with Crippen molar-refractivity contribution in [2.75, 3.05) is 0 Å². The van der Waals surface area contributed by atoms with Gasteiger partial charge in [0.05, 0.1) is 0 Å². The topological polar surface area (TPSA) is 0 Å². The summed E-state index contributed by atoms with van der Waals surface area (Å²) in [7, 11) is 0. The molecule has 0 N–H and O–H groups in total. The molecular weight excluding hydrogens is 139 g/mol. The van der Waals surface area contributed by atoms with Crippen LogP contribution in [0.5, 0.6) is 0 Å². The highest BCUT2D eigenvalue weighted by atomic mass is 19.1. The van der Waals surface area contributed by atoms with Crippen LogP contribution < -0.4 is 0 Å². The van der Waals surface area contributed by atoms with Gasteiger partial charge in [0, 0.05) is 0 Å². The van der Waals surface area contributed by atoms with Crippen molar-refractivity contribution >= 4 is 0 Å². The molecule has 11 heavy (non-hydrogen) atoms. The second-order valence-electron chi connectivity index (χ2n) is 4.49. The van der Waals surface area contributed by atoms with Gasteiger partial charge in [0.2, 0.25) is 0 Å². The van der Waals surface area contributed by atoms with E-state index in [1.165, 1.54) is 0 Å². The third-order valence-corrected chi connectivity index (χ3v) is 2.23. The number of hydrogen-bond acceptors (Lipinski definition) is 0. The molecule has 1 heteroatoms. The predicted molar refractivity (Wildman–Crippen MR) is 46.3 cm³/mol. The fraction of sp³-hybridized carbons (Fsp3) is 0.800. The van der Waals surface area contributed by atoms with Gasteiger partial charge in [0.25, 0.3) is 0 Å². The minimum absolute atomic E-state index is 0.123. The lowest BCUT2D eigenvalue weighted by atomic mass is 9.80. The monoisotopic (exact) mass is 156 g/mol. The summed E-state index contributed by atoms with van der Waals surface area (Å²) < 4.78 is 13.3. The summed E-state index contributed by atoms with van der Waals surface area (Å²) in [6.07, 6.45) is 7.20. The van der Waals surface area contributed by atoms with Gasteiger partial charge in [-0.05, 0) is 38.5 Å². The van der Waals surface area contributed by atoms with Gasteiger partial charge in [0.15, 0.2) is 0 Å². The summed E-state index contributed by atoms with van der Waals surface area (Å²) in [5, 5.41) is 0. The Morgan fingerprint density at radius 2 is 2.18 bits per heavy atom. The quantitative estimate of drug-likeness (QED) is 0.537. The van der Waals surface area contributed by atoms with E-state index in [1.807, 2.05) is 0 Å². The molecule has 1 rings (SSSR count). The normalized spacial score (nSPS) is 31.3. The lowest BCUT2D eigenvalue weighted by Gasteiger charge is -2.27. The molecule has 0 heterocycles. The minimum Gasteiger partial charge on any atom is -0.244 e. The van der Waals surface area contributed by atoms with Gasteiger partial charge in [-0.25, -0.2) is 4.39 Å². The van der Waals surface area contributed by atoms with Crippen LogP contribution in [-0.4, -0.2) is 5.67 Å². The Labute approximate surface area is 68.5 Å². The summed E-state index contributed by atoms with van der Waals surface area (Å²) in [5.41, 5.74) is -0.901. The molecule has 1 atom stereocenters. The van der Waals surface area contributed by atoms with Crippen LogP contribution in [-0.2, 0) is 0 Å². The Kier molecular flexibility index (Phi) is 2.08. The number of halogens is 1. The third-order valence-electron chi connectivity index (χ3n) is 2.23. The van der Waals surface area contributed by atoms with Gasteiger partial charge in [-0.2, -0.15) is 0 Å². The molecule has 0 radical (unpaired) electrons. The summed E-state index contributed by atoms with van der Waals surface area (Å²) in [4.78, 5) is 0. The Morgan fingerprint density at radius 1 is 1.55 bits per heavy atom. The molecule has 64 valence electrons. The molecule has 0 saturated carbocycles. The Hall–Kier alpha value is -0.330. The first-order chi connectivity index (χ1) is 4.91. The summed E-state index contributed by atoms with van der Waals surface area (Å²) in [6, 6.07) is 0. The molecule has 1 aliphatic carbocycles. The Morgan fingerprint density at radius 3 is 2.55 bits per heavy atom. The summed E-state index contributed by atoms with van der Waals surface area (Å²) >= 11 is 0. The molecule has 0 amide bonds. The Bertz CT molecular complexity index is 164. The number of allylic oxidation sites excluding steroid dienone is 2. The molecule has 0 nitrogen and oxygen atoms in total. The van der Waals surface area contributed by atoms with Gasteiger partial charge in [-0.1, -0.05) is 19.1 Å². The first-order valence-corrected chi connectivity index (χ1v) is 4.28. The van der Waals surface area contributed by atoms with E-state index in [4.69, 9.17) is 0 Å². The van der Waals surface area contributed by atoms with Gasteiger partial charge in [-0.15, -0.1) is 0 Å². The van der Waals surface area contributed by atoms with Gasteiger partial charge < -0.3 is 0 Å². The van der Waals surface area contributed by atoms with E-state index < -0.39 is 5.67 Å². The van der Waals surface area contributed by atoms with Crippen molar-refractivity contribution in [1.82, 2.24) is 0 Å². The molecule has 0 saturated heterocycles. The number of hydrogen-bond donors (Lipinski definition) is 0. The first kappa shape index (κ1) is 8.76. The lowest BCUT2D eigenvalue weighted by Crippen LogP contribution is -2.23. The van der Waals surface area contributed by atoms with E-state index in [2.05, 4.69) is 19.1 Å². The molecule has 0 unspecified atom stereocenters. The van der Waals surface area contributed by atoms with Crippen molar-refractivity contribution < 1.29 is 4.39 Å². The van der Waals surface area contributed by atoms with Crippen LogP contribution in [0.2, 0.25) is 0 Å². The van der Waals surface area contributed by atoms with Gasteiger partial charge in [-0.3, -0.25) is 0 Å². The maximum atomic E-state index is 13.3. The van der Waals surface area contributed by atoms with Crippen LogP contribution >= 0.6 is 0 Å². The molecule has 0 spiro atoms. The Balaban J connectivity index is 2.54. The largest absolute Gasteiger partial charge is 0.244 e. The van der Waals surface area contributed by atoms with Crippen molar-refractivity contribution in [3.05, 3.63) is 12.2 Å². The van der Waals surface area contributed by atoms with Crippen LogP contribution in [0, 0.1) is 5.41 Å². The maximum absolute atomic E-state index is 13.3. The maximum Gasteiger partial charge on any atom is 0.106 e. The van der Waals surface area contributed by atoms with Crippen LogP contribution in [0.1, 0.15) is 40.0 Å². The van der Waals surface area contributed by atoms with Crippen molar-refractivity contribution in [3.8, 4) is 0 Å². The summed E-state index contributed by atoms with van der Waals surface area (Å²) in [5.74, 6) is 0. The van der Waals surface area contributed by atoms with Crippen LogP contribution in [0.3, 0.4) is 0 Å². The average molecular weight is 156 g/mol. The zero-order valence-electron chi connectivity index (χ0n) is 7.65. The predicted octanol–water partition coefficient (Wildman–Crippen LogP) is 3.48. The van der Waals surface area contributed by atoms with E-state index in [0.717, 1.165) is 12.8 Å². The van der Waals surface area contributed by atoms with Gasteiger partial charge in [0.1, 0.15) is 5.67 Å². The van der Waals surface area contributed by atoms with Crippen molar-refractivity contribution in [1.29, 1.82) is 0 Å². The third kappa shape index (κ3) is 2.64. The molecular formula is C10H17F. The standard InChI is InChI=1S/C10H17F/c1-9(2,11)8-10(3)6-4-5-7-10/h4,6H,5,7-8H2,1-3H3/t10-/m0/s1. The van der Waals surface area contributed by atoms with E-state index in [1.54, 1.807) is 13.8 Å². The fourth-order valence-electron chi connectivity index (χ4n) is 1.97. The second-order valence-corrected chi connectivity index (χ2v) is 4.49. The molecule has 0 bridgehead atoms. The van der Waals surface area contributed by atoms with Crippen LogP contribution in [0.15, 0.2) is 12.2 Å². The second kappa shape index (κ2) is 2.62.